The number of fused-ring (bicyclic) bond motifs is 1. The third-order valence-electron chi connectivity index (χ3n) is 5.12. The van der Waals surface area contributed by atoms with Crippen molar-refractivity contribution < 1.29 is 22.3 Å². The summed E-state index contributed by atoms with van der Waals surface area (Å²) in [6, 6.07) is 10.5. The molecule has 0 aliphatic heterocycles. The van der Waals surface area contributed by atoms with Gasteiger partial charge in [0.15, 0.2) is 29.0 Å². The zero-order valence-corrected chi connectivity index (χ0v) is 17.3. The summed E-state index contributed by atoms with van der Waals surface area (Å²) in [5.74, 6) is -3.32. The Hall–Kier alpha value is -3.48. The van der Waals surface area contributed by atoms with Crippen molar-refractivity contribution in [1.82, 2.24) is 9.97 Å². The number of ether oxygens (including phenoxy) is 1. The van der Waals surface area contributed by atoms with E-state index >= 15 is 4.39 Å². The van der Waals surface area contributed by atoms with Gasteiger partial charge in [-0.3, -0.25) is 0 Å². The standard InChI is InChI=1S/C25H20F4N2O/c1-2-9-32-19-13-30-25(31-14-19)18-7-8-20-17(12-18)6-5-16(23(20)28)4-3-15-10-21(26)24(29)22(27)11-15/h5-8,10-14H,2-4,9H2,1H3. The van der Waals surface area contributed by atoms with Crippen LogP contribution >= 0.6 is 0 Å². The molecule has 164 valence electrons. The van der Waals surface area contributed by atoms with Crippen LogP contribution in [-0.4, -0.2) is 16.6 Å². The predicted octanol–water partition coefficient (Wildman–Crippen LogP) is 6.43. The molecule has 0 N–H and O–H groups in total. The van der Waals surface area contributed by atoms with E-state index in [1.807, 2.05) is 6.92 Å². The van der Waals surface area contributed by atoms with E-state index in [9.17, 15) is 13.2 Å². The zero-order valence-electron chi connectivity index (χ0n) is 17.3. The normalized spacial score (nSPS) is 11.2. The van der Waals surface area contributed by atoms with Gasteiger partial charge >= 0.3 is 0 Å². The van der Waals surface area contributed by atoms with Gasteiger partial charge in [-0.05, 0) is 54.0 Å². The molecule has 1 aromatic heterocycles. The Morgan fingerprint density at radius 2 is 1.53 bits per heavy atom. The molecule has 4 rings (SSSR count). The van der Waals surface area contributed by atoms with Crippen LogP contribution in [0.15, 0.2) is 54.9 Å². The molecule has 0 unspecified atom stereocenters. The molecule has 0 aliphatic carbocycles. The van der Waals surface area contributed by atoms with Crippen molar-refractivity contribution in [2.24, 2.45) is 0 Å². The molecule has 4 aromatic rings. The summed E-state index contributed by atoms with van der Waals surface area (Å²) in [6.07, 6.45) is 4.49. The van der Waals surface area contributed by atoms with Crippen molar-refractivity contribution in [2.45, 2.75) is 26.2 Å². The summed E-state index contributed by atoms with van der Waals surface area (Å²) in [6.45, 7) is 2.60. The number of rotatable bonds is 7. The summed E-state index contributed by atoms with van der Waals surface area (Å²) < 4.78 is 60.4. The number of benzene rings is 3. The first-order valence-corrected chi connectivity index (χ1v) is 10.3. The van der Waals surface area contributed by atoms with Crippen molar-refractivity contribution in [3.8, 4) is 17.1 Å². The fourth-order valence-corrected chi connectivity index (χ4v) is 3.46. The molecular weight excluding hydrogens is 420 g/mol. The van der Waals surface area contributed by atoms with Crippen LogP contribution in [0.5, 0.6) is 5.75 Å². The summed E-state index contributed by atoms with van der Waals surface area (Å²) in [5.41, 5.74) is 1.41. The molecule has 3 nitrogen and oxygen atoms in total. The van der Waals surface area contributed by atoms with Gasteiger partial charge < -0.3 is 4.74 Å². The Balaban J connectivity index is 1.54. The number of aromatic nitrogens is 2. The average molecular weight is 440 g/mol. The smallest absolute Gasteiger partial charge is 0.194 e. The fraction of sp³-hybridized carbons (Fsp3) is 0.200. The van der Waals surface area contributed by atoms with Crippen LogP contribution < -0.4 is 4.74 Å². The molecule has 0 radical (unpaired) electrons. The minimum atomic E-state index is -1.51. The topological polar surface area (TPSA) is 35.0 Å². The Labute approximate surface area is 182 Å². The van der Waals surface area contributed by atoms with Crippen LogP contribution in [0, 0.1) is 23.3 Å². The van der Waals surface area contributed by atoms with Gasteiger partial charge in [-0.1, -0.05) is 31.2 Å². The lowest BCUT2D eigenvalue weighted by atomic mass is 9.99. The van der Waals surface area contributed by atoms with Gasteiger partial charge in [0.25, 0.3) is 0 Å². The van der Waals surface area contributed by atoms with Crippen molar-refractivity contribution in [3.05, 3.63) is 89.3 Å². The second-order valence-electron chi connectivity index (χ2n) is 7.44. The van der Waals surface area contributed by atoms with Crippen LogP contribution in [0.2, 0.25) is 0 Å². The lowest BCUT2D eigenvalue weighted by Crippen LogP contribution is -1.99. The van der Waals surface area contributed by atoms with Crippen molar-refractivity contribution >= 4 is 10.8 Å². The molecule has 0 fully saturated rings. The SMILES string of the molecule is CCCOc1cnc(-c2ccc3c(F)c(CCc4cc(F)c(F)c(F)c4)ccc3c2)nc1. The highest BCUT2D eigenvalue weighted by Gasteiger charge is 2.13. The Kier molecular flexibility index (Phi) is 6.35. The summed E-state index contributed by atoms with van der Waals surface area (Å²) in [4.78, 5) is 8.63. The molecule has 3 aromatic carbocycles. The first-order valence-electron chi connectivity index (χ1n) is 10.3. The van der Waals surface area contributed by atoms with Gasteiger partial charge in [0.05, 0.1) is 19.0 Å². The second-order valence-corrected chi connectivity index (χ2v) is 7.44. The van der Waals surface area contributed by atoms with Crippen molar-refractivity contribution in [1.29, 1.82) is 0 Å². The summed E-state index contributed by atoms with van der Waals surface area (Å²) in [7, 11) is 0. The van der Waals surface area contributed by atoms with E-state index in [1.165, 1.54) is 0 Å². The van der Waals surface area contributed by atoms with E-state index in [4.69, 9.17) is 4.74 Å². The fourth-order valence-electron chi connectivity index (χ4n) is 3.46. The number of aryl methyl sites for hydroxylation is 2. The first kappa shape index (κ1) is 21.7. The third-order valence-corrected chi connectivity index (χ3v) is 5.12. The molecule has 0 aliphatic rings. The lowest BCUT2D eigenvalue weighted by molar-refractivity contribution is 0.315. The van der Waals surface area contributed by atoms with Gasteiger partial charge in [0.1, 0.15) is 5.82 Å². The van der Waals surface area contributed by atoms with Crippen LogP contribution in [-0.2, 0) is 12.8 Å². The van der Waals surface area contributed by atoms with Crippen LogP contribution in [0.25, 0.3) is 22.2 Å². The van der Waals surface area contributed by atoms with Gasteiger partial charge in [-0.15, -0.1) is 0 Å². The first-order chi connectivity index (χ1) is 15.5. The number of hydrogen-bond acceptors (Lipinski definition) is 3. The molecular formula is C25H20F4N2O. The van der Waals surface area contributed by atoms with Crippen LogP contribution in [0.4, 0.5) is 17.6 Å². The quantitative estimate of drug-likeness (QED) is 0.245. The van der Waals surface area contributed by atoms with E-state index in [0.29, 0.717) is 34.5 Å². The molecule has 0 spiro atoms. The molecule has 0 bridgehead atoms. The second kappa shape index (κ2) is 9.34. The van der Waals surface area contributed by atoms with E-state index in [-0.39, 0.29) is 18.4 Å². The Morgan fingerprint density at radius 3 is 2.22 bits per heavy atom. The van der Waals surface area contributed by atoms with Gasteiger partial charge in [0, 0.05) is 10.9 Å². The van der Waals surface area contributed by atoms with Gasteiger partial charge in [0.2, 0.25) is 0 Å². The molecule has 0 atom stereocenters. The van der Waals surface area contributed by atoms with E-state index in [0.717, 1.165) is 24.1 Å². The maximum Gasteiger partial charge on any atom is 0.194 e. The summed E-state index contributed by atoms with van der Waals surface area (Å²) >= 11 is 0. The summed E-state index contributed by atoms with van der Waals surface area (Å²) in [5, 5.41) is 1.10. The van der Waals surface area contributed by atoms with E-state index in [1.54, 1.807) is 42.7 Å². The zero-order chi connectivity index (χ0) is 22.7. The third kappa shape index (κ3) is 4.56. The number of halogens is 4. The Bertz CT molecular complexity index is 1240. The number of hydrogen-bond donors (Lipinski definition) is 0. The maximum absolute atomic E-state index is 15.0. The lowest BCUT2D eigenvalue weighted by Gasteiger charge is -2.09. The molecule has 0 amide bonds. The number of nitrogens with zero attached hydrogens (tertiary/aromatic N) is 2. The van der Waals surface area contributed by atoms with E-state index in [2.05, 4.69) is 9.97 Å². The van der Waals surface area contributed by atoms with Crippen LogP contribution in [0.3, 0.4) is 0 Å². The largest absolute Gasteiger partial charge is 0.490 e. The molecule has 0 saturated heterocycles. The highest BCUT2D eigenvalue weighted by atomic mass is 19.2. The van der Waals surface area contributed by atoms with Gasteiger partial charge in [-0.2, -0.15) is 0 Å². The minimum Gasteiger partial charge on any atom is -0.490 e. The highest BCUT2D eigenvalue weighted by molar-refractivity contribution is 5.87. The van der Waals surface area contributed by atoms with Gasteiger partial charge in [-0.25, -0.2) is 27.5 Å². The average Bonchev–Trinajstić information content (AvgIpc) is 2.81. The predicted molar refractivity (Wildman–Crippen MR) is 114 cm³/mol. The molecule has 32 heavy (non-hydrogen) atoms. The molecule has 7 heteroatoms. The molecule has 1 heterocycles. The highest BCUT2D eigenvalue weighted by Crippen LogP contribution is 2.27. The maximum atomic E-state index is 15.0. The molecule has 0 saturated carbocycles. The van der Waals surface area contributed by atoms with E-state index < -0.39 is 23.3 Å². The Morgan fingerprint density at radius 1 is 0.812 bits per heavy atom. The van der Waals surface area contributed by atoms with Crippen molar-refractivity contribution in [3.63, 3.8) is 0 Å². The monoisotopic (exact) mass is 440 g/mol. The van der Waals surface area contributed by atoms with Crippen molar-refractivity contribution in [2.75, 3.05) is 6.61 Å². The minimum absolute atomic E-state index is 0.176. The van der Waals surface area contributed by atoms with Crippen LogP contribution in [0.1, 0.15) is 24.5 Å².